The fraction of sp³-hybridized carbons (Fsp3) is 0.192. The molecular weight excluding hydrogens is 430 g/mol. The van der Waals surface area contributed by atoms with Crippen LogP contribution < -0.4 is 9.64 Å². The molecule has 1 aliphatic rings. The van der Waals surface area contributed by atoms with E-state index in [9.17, 15) is 0 Å². The number of pyridine rings is 2. The van der Waals surface area contributed by atoms with Gasteiger partial charge < -0.3 is 19.2 Å². The molecule has 0 amide bonds. The van der Waals surface area contributed by atoms with Gasteiger partial charge >= 0.3 is 0 Å². The molecule has 5 heterocycles. The molecule has 0 saturated carbocycles. The van der Waals surface area contributed by atoms with Crippen LogP contribution >= 0.6 is 0 Å². The van der Waals surface area contributed by atoms with E-state index in [0.717, 1.165) is 62.8 Å². The van der Waals surface area contributed by atoms with Crippen molar-refractivity contribution in [2.75, 3.05) is 31.7 Å². The van der Waals surface area contributed by atoms with Crippen molar-refractivity contribution >= 4 is 16.9 Å². The average molecular weight is 454 g/mol. The number of rotatable bonds is 5. The zero-order valence-electron chi connectivity index (χ0n) is 18.7. The second-order valence-electron chi connectivity index (χ2n) is 8.29. The van der Waals surface area contributed by atoms with Crippen LogP contribution in [0.5, 0.6) is 5.75 Å². The van der Waals surface area contributed by atoms with Crippen LogP contribution in [-0.4, -0.2) is 51.7 Å². The van der Waals surface area contributed by atoms with Crippen LogP contribution in [-0.2, 0) is 6.54 Å². The molecular formula is C26H23N5O3. The van der Waals surface area contributed by atoms with Crippen molar-refractivity contribution in [3.05, 3.63) is 67.3 Å². The number of benzene rings is 1. The molecule has 0 fully saturated rings. The van der Waals surface area contributed by atoms with Crippen LogP contribution in [0.25, 0.3) is 44.7 Å². The van der Waals surface area contributed by atoms with Crippen molar-refractivity contribution in [2.24, 2.45) is 0 Å². The van der Waals surface area contributed by atoms with Gasteiger partial charge in [-0.25, -0.2) is 4.98 Å². The Kier molecular flexibility index (Phi) is 5.00. The smallest absolute Gasteiger partial charge is 0.171 e. The van der Waals surface area contributed by atoms with Crippen molar-refractivity contribution in [3.8, 4) is 39.3 Å². The Morgan fingerprint density at radius 1 is 0.971 bits per heavy atom. The van der Waals surface area contributed by atoms with Crippen LogP contribution in [0.2, 0.25) is 0 Å². The van der Waals surface area contributed by atoms with E-state index in [4.69, 9.17) is 14.3 Å². The number of likely N-dealkylation sites (N-methyl/N-ethyl adjacent to an activating group) is 1. The molecule has 4 aromatic heterocycles. The van der Waals surface area contributed by atoms with Gasteiger partial charge in [-0.2, -0.15) is 5.10 Å². The second kappa shape index (κ2) is 8.31. The molecule has 0 saturated heterocycles. The third kappa shape index (κ3) is 3.58. The van der Waals surface area contributed by atoms with Gasteiger partial charge in [0.1, 0.15) is 17.9 Å². The third-order valence-electron chi connectivity index (χ3n) is 6.07. The maximum absolute atomic E-state index is 9.09. The number of aromatic nitrogens is 4. The Bertz CT molecular complexity index is 1470. The molecule has 6 rings (SSSR count). The quantitative estimate of drug-likeness (QED) is 0.426. The summed E-state index contributed by atoms with van der Waals surface area (Å²) in [5, 5.41) is 13.4. The van der Waals surface area contributed by atoms with Crippen molar-refractivity contribution in [1.82, 2.24) is 19.7 Å². The lowest BCUT2D eigenvalue weighted by Crippen LogP contribution is -2.29. The molecule has 8 heteroatoms. The first kappa shape index (κ1) is 20.4. The SMILES string of the molecule is CN1CCOc2cc(-c3ccnc4cc(-c5ccc(-c6cnn(CCO)c6)cc5)oc34)cnc21. The Morgan fingerprint density at radius 3 is 2.68 bits per heavy atom. The second-order valence-corrected chi connectivity index (χ2v) is 8.29. The van der Waals surface area contributed by atoms with Gasteiger partial charge in [-0.3, -0.25) is 9.67 Å². The van der Waals surface area contributed by atoms with Crippen molar-refractivity contribution in [3.63, 3.8) is 0 Å². The molecule has 0 spiro atoms. The summed E-state index contributed by atoms with van der Waals surface area (Å²) < 4.78 is 13.9. The molecule has 34 heavy (non-hydrogen) atoms. The number of aliphatic hydroxyl groups is 1. The van der Waals surface area contributed by atoms with E-state index in [2.05, 4.69) is 20.0 Å². The van der Waals surface area contributed by atoms with Gasteiger partial charge in [-0.15, -0.1) is 0 Å². The lowest BCUT2D eigenvalue weighted by atomic mass is 10.1. The molecule has 5 aromatic rings. The van der Waals surface area contributed by atoms with E-state index < -0.39 is 0 Å². The maximum atomic E-state index is 9.09. The van der Waals surface area contributed by atoms with E-state index in [1.54, 1.807) is 17.1 Å². The summed E-state index contributed by atoms with van der Waals surface area (Å²) in [5.41, 5.74) is 6.38. The summed E-state index contributed by atoms with van der Waals surface area (Å²) in [6.45, 7) is 2.01. The zero-order chi connectivity index (χ0) is 23.1. The van der Waals surface area contributed by atoms with Crippen LogP contribution in [0.3, 0.4) is 0 Å². The monoisotopic (exact) mass is 453 g/mol. The normalized spacial score (nSPS) is 13.2. The van der Waals surface area contributed by atoms with Crippen molar-refractivity contribution in [2.45, 2.75) is 6.54 Å². The highest BCUT2D eigenvalue weighted by Gasteiger charge is 2.19. The summed E-state index contributed by atoms with van der Waals surface area (Å²) >= 11 is 0. The first-order valence-electron chi connectivity index (χ1n) is 11.2. The predicted molar refractivity (Wildman–Crippen MR) is 130 cm³/mol. The lowest BCUT2D eigenvalue weighted by molar-refractivity contribution is 0.269. The molecule has 170 valence electrons. The summed E-state index contributed by atoms with van der Waals surface area (Å²) in [7, 11) is 2.02. The Hall–Kier alpha value is -4.17. The topological polar surface area (TPSA) is 89.4 Å². The lowest BCUT2D eigenvalue weighted by Gasteiger charge is -2.26. The third-order valence-corrected chi connectivity index (χ3v) is 6.07. The fourth-order valence-electron chi connectivity index (χ4n) is 4.25. The molecule has 0 radical (unpaired) electrons. The molecule has 1 aliphatic heterocycles. The molecule has 0 unspecified atom stereocenters. The minimum atomic E-state index is 0.0632. The van der Waals surface area contributed by atoms with Crippen LogP contribution in [0.15, 0.2) is 71.7 Å². The fourth-order valence-corrected chi connectivity index (χ4v) is 4.25. The van der Waals surface area contributed by atoms with Gasteiger partial charge in [0.25, 0.3) is 0 Å². The predicted octanol–water partition coefficient (Wildman–Crippen LogP) is 4.24. The molecule has 0 atom stereocenters. The van der Waals surface area contributed by atoms with Gasteiger partial charge in [0.2, 0.25) is 0 Å². The largest absolute Gasteiger partial charge is 0.488 e. The standard InChI is InChI=1S/C26H23N5O3/c1-30-9-11-33-24-12-19(14-28-26(24)30)21-6-7-27-22-13-23(34-25(21)22)18-4-2-17(3-5-18)20-15-29-31(16-20)8-10-32/h2-7,12-16,32H,8-11H2,1H3. The van der Waals surface area contributed by atoms with Crippen LogP contribution in [0.4, 0.5) is 5.82 Å². The highest BCUT2D eigenvalue weighted by molar-refractivity contribution is 5.92. The number of fused-ring (bicyclic) bond motifs is 2. The number of hydrogen-bond donors (Lipinski definition) is 1. The Balaban J connectivity index is 1.34. The maximum Gasteiger partial charge on any atom is 0.171 e. The van der Waals surface area contributed by atoms with Gasteiger partial charge in [0.15, 0.2) is 17.2 Å². The van der Waals surface area contributed by atoms with Gasteiger partial charge in [-0.1, -0.05) is 24.3 Å². The Morgan fingerprint density at radius 2 is 1.82 bits per heavy atom. The van der Waals surface area contributed by atoms with E-state index in [1.165, 1.54) is 0 Å². The summed E-state index contributed by atoms with van der Waals surface area (Å²) in [5.74, 6) is 2.38. The number of ether oxygens (including phenoxy) is 1. The minimum absolute atomic E-state index is 0.0632. The number of anilines is 1. The van der Waals surface area contributed by atoms with E-state index in [0.29, 0.717) is 13.2 Å². The molecule has 1 aromatic carbocycles. The van der Waals surface area contributed by atoms with E-state index in [1.807, 2.05) is 61.9 Å². The van der Waals surface area contributed by atoms with Crippen LogP contribution in [0, 0.1) is 0 Å². The van der Waals surface area contributed by atoms with Crippen molar-refractivity contribution in [1.29, 1.82) is 0 Å². The van der Waals surface area contributed by atoms with E-state index in [-0.39, 0.29) is 6.61 Å². The summed E-state index contributed by atoms with van der Waals surface area (Å²) in [4.78, 5) is 11.2. The highest BCUT2D eigenvalue weighted by Crippen LogP contribution is 2.37. The first-order chi connectivity index (χ1) is 16.7. The number of furan rings is 1. The number of nitrogens with zero attached hydrogens (tertiary/aromatic N) is 5. The van der Waals surface area contributed by atoms with Crippen LogP contribution in [0.1, 0.15) is 0 Å². The molecule has 0 aliphatic carbocycles. The molecule has 0 bridgehead atoms. The van der Waals surface area contributed by atoms with Gasteiger partial charge in [-0.05, 0) is 17.7 Å². The Labute approximate surface area is 196 Å². The number of hydrogen-bond acceptors (Lipinski definition) is 7. The highest BCUT2D eigenvalue weighted by atomic mass is 16.5. The molecule has 1 N–H and O–H groups in total. The summed E-state index contributed by atoms with van der Waals surface area (Å²) in [6.07, 6.45) is 7.37. The van der Waals surface area contributed by atoms with E-state index >= 15 is 0 Å². The number of aliphatic hydroxyl groups excluding tert-OH is 1. The van der Waals surface area contributed by atoms with Gasteiger partial charge in [0.05, 0.1) is 25.9 Å². The zero-order valence-corrected chi connectivity index (χ0v) is 18.7. The average Bonchev–Trinajstić information content (AvgIpc) is 3.52. The molecule has 8 nitrogen and oxygen atoms in total. The van der Waals surface area contributed by atoms with Crippen molar-refractivity contribution < 1.29 is 14.3 Å². The summed E-state index contributed by atoms with van der Waals surface area (Å²) in [6, 6.07) is 14.1. The minimum Gasteiger partial charge on any atom is -0.488 e. The van der Waals surface area contributed by atoms with Gasteiger partial charge in [0, 0.05) is 54.0 Å². The first-order valence-corrected chi connectivity index (χ1v) is 11.2.